The monoisotopic (exact) mass is 416 g/mol. The summed E-state index contributed by atoms with van der Waals surface area (Å²) in [5, 5.41) is 13.5. The van der Waals surface area contributed by atoms with E-state index in [1.807, 2.05) is 19.9 Å². The predicted octanol–water partition coefficient (Wildman–Crippen LogP) is 4.10. The van der Waals surface area contributed by atoms with Crippen LogP contribution in [0.1, 0.15) is 19.5 Å². The highest BCUT2D eigenvalue weighted by Gasteiger charge is 2.12. The largest absolute Gasteiger partial charge is 0.505 e. The predicted molar refractivity (Wildman–Crippen MR) is 87.3 cm³/mol. The van der Waals surface area contributed by atoms with Gasteiger partial charge in [-0.2, -0.15) is 0 Å². The highest BCUT2D eigenvalue weighted by molar-refractivity contribution is 9.11. The number of benzene rings is 1. The summed E-state index contributed by atoms with van der Waals surface area (Å²) < 4.78 is 6.44. The van der Waals surface area contributed by atoms with Crippen LogP contribution in [0.2, 0.25) is 0 Å². The lowest BCUT2D eigenvalue weighted by Gasteiger charge is -2.10. The van der Waals surface area contributed by atoms with Gasteiger partial charge in [0.15, 0.2) is 5.75 Å². The average molecular weight is 418 g/mol. The van der Waals surface area contributed by atoms with Crippen LogP contribution in [-0.2, 0) is 11.3 Å². The summed E-state index contributed by atoms with van der Waals surface area (Å²) >= 11 is 6.68. The SMILES string of the molecule is CC(C)NC(=O)OCc1ccc2c(Br)cc(Br)c(O)c2n1. The van der Waals surface area contributed by atoms with Gasteiger partial charge < -0.3 is 15.2 Å². The number of nitrogens with zero attached hydrogens (tertiary/aromatic N) is 1. The van der Waals surface area contributed by atoms with Crippen molar-refractivity contribution < 1.29 is 14.6 Å². The maximum absolute atomic E-state index is 11.4. The van der Waals surface area contributed by atoms with Crippen molar-refractivity contribution in [3.63, 3.8) is 0 Å². The molecule has 0 saturated heterocycles. The molecule has 2 aromatic rings. The summed E-state index contributed by atoms with van der Waals surface area (Å²) in [7, 11) is 0. The van der Waals surface area contributed by atoms with Crippen molar-refractivity contribution in [3.05, 3.63) is 32.8 Å². The Morgan fingerprint density at radius 1 is 1.38 bits per heavy atom. The Morgan fingerprint density at radius 3 is 2.76 bits per heavy atom. The number of fused-ring (bicyclic) bond motifs is 1. The fourth-order valence-electron chi connectivity index (χ4n) is 1.74. The molecule has 0 aliphatic rings. The molecule has 7 heteroatoms. The summed E-state index contributed by atoms with van der Waals surface area (Å²) in [6.07, 6.45) is -0.494. The Balaban J connectivity index is 2.23. The van der Waals surface area contributed by atoms with Crippen LogP contribution in [0.5, 0.6) is 5.75 Å². The maximum atomic E-state index is 11.4. The number of hydrogen-bond donors (Lipinski definition) is 2. The Labute approximate surface area is 139 Å². The van der Waals surface area contributed by atoms with Crippen LogP contribution in [0.25, 0.3) is 10.9 Å². The molecule has 1 amide bonds. The lowest BCUT2D eigenvalue weighted by molar-refractivity contribution is 0.136. The number of carbonyl (C=O) groups excluding carboxylic acids is 1. The number of rotatable bonds is 3. The van der Waals surface area contributed by atoms with Crippen molar-refractivity contribution in [3.8, 4) is 5.75 Å². The Bertz CT molecular complexity index is 689. The molecule has 0 saturated carbocycles. The molecular formula is C14H14Br2N2O3. The van der Waals surface area contributed by atoms with Crippen molar-refractivity contribution in [1.29, 1.82) is 0 Å². The summed E-state index contributed by atoms with van der Waals surface area (Å²) in [4.78, 5) is 15.8. The first-order valence-electron chi connectivity index (χ1n) is 6.28. The van der Waals surface area contributed by atoms with Gasteiger partial charge in [0, 0.05) is 15.9 Å². The van der Waals surface area contributed by atoms with Gasteiger partial charge in [0.25, 0.3) is 0 Å². The van der Waals surface area contributed by atoms with Crippen molar-refractivity contribution in [2.24, 2.45) is 0 Å². The van der Waals surface area contributed by atoms with E-state index in [0.29, 0.717) is 15.7 Å². The van der Waals surface area contributed by atoms with Crippen LogP contribution in [-0.4, -0.2) is 22.2 Å². The average Bonchev–Trinajstić information content (AvgIpc) is 2.42. The Hall–Kier alpha value is -1.34. The molecule has 0 unspecified atom stereocenters. The van der Waals surface area contributed by atoms with Crippen LogP contribution in [0.4, 0.5) is 4.79 Å². The van der Waals surface area contributed by atoms with Gasteiger partial charge in [-0.25, -0.2) is 9.78 Å². The lowest BCUT2D eigenvalue weighted by Crippen LogP contribution is -2.30. The van der Waals surface area contributed by atoms with E-state index in [1.54, 1.807) is 12.1 Å². The van der Waals surface area contributed by atoms with Crippen LogP contribution in [0.3, 0.4) is 0 Å². The number of amides is 1. The first-order chi connectivity index (χ1) is 9.88. The van der Waals surface area contributed by atoms with Gasteiger partial charge in [-0.05, 0) is 48.0 Å². The van der Waals surface area contributed by atoms with Gasteiger partial charge >= 0.3 is 6.09 Å². The molecule has 2 N–H and O–H groups in total. The van der Waals surface area contributed by atoms with Crippen molar-refractivity contribution in [1.82, 2.24) is 10.3 Å². The normalized spacial score (nSPS) is 10.9. The molecule has 0 aliphatic carbocycles. The molecule has 112 valence electrons. The van der Waals surface area contributed by atoms with Crippen molar-refractivity contribution >= 4 is 48.9 Å². The maximum Gasteiger partial charge on any atom is 0.407 e. The summed E-state index contributed by atoms with van der Waals surface area (Å²) in [6.45, 7) is 3.74. The van der Waals surface area contributed by atoms with Crippen LogP contribution < -0.4 is 5.32 Å². The molecule has 1 heterocycles. The van der Waals surface area contributed by atoms with E-state index >= 15 is 0 Å². The second-order valence-electron chi connectivity index (χ2n) is 4.76. The minimum atomic E-state index is -0.494. The number of nitrogens with one attached hydrogen (secondary N) is 1. The molecule has 2 rings (SSSR count). The van der Waals surface area contributed by atoms with E-state index in [2.05, 4.69) is 42.2 Å². The van der Waals surface area contributed by atoms with Gasteiger partial charge in [-0.15, -0.1) is 0 Å². The number of phenols is 1. The van der Waals surface area contributed by atoms with E-state index in [1.165, 1.54) is 0 Å². The number of phenolic OH excluding ortho intramolecular Hbond substituents is 1. The van der Waals surface area contributed by atoms with Crippen molar-refractivity contribution in [2.45, 2.75) is 26.5 Å². The molecule has 0 spiro atoms. The minimum absolute atomic E-state index is 0.0121. The van der Waals surface area contributed by atoms with Crippen LogP contribution >= 0.6 is 31.9 Å². The number of alkyl carbamates (subject to hydrolysis) is 1. The topological polar surface area (TPSA) is 71.5 Å². The highest BCUT2D eigenvalue weighted by atomic mass is 79.9. The van der Waals surface area contributed by atoms with Crippen LogP contribution in [0.15, 0.2) is 27.1 Å². The van der Waals surface area contributed by atoms with E-state index in [4.69, 9.17) is 4.74 Å². The first kappa shape index (κ1) is 16.0. The zero-order valence-electron chi connectivity index (χ0n) is 11.5. The summed E-state index contributed by atoms with van der Waals surface area (Å²) in [6, 6.07) is 5.34. The number of halogens is 2. The quantitative estimate of drug-likeness (QED) is 0.788. The first-order valence-corrected chi connectivity index (χ1v) is 7.87. The molecule has 1 aromatic heterocycles. The van der Waals surface area contributed by atoms with E-state index in [0.717, 1.165) is 9.86 Å². The zero-order chi connectivity index (χ0) is 15.6. The number of aromatic nitrogens is 1. The van der Waals surface area contributed by atoms with E-state index < -0.39 is 6.09 Å². The second kappa shape index (κ2) is 6.62. The number of carbonyl (C=O) groups is 1. The minimum Gasteiger partial charge on any atom is -0.505 e. The third-order valence-corrected chi connectivity index (χ3v) is 3.93. The second-order valence-corrected chi connectivity index (χ2v) is 6.47. The van der Waals surface area contributed by atoms with E-state index in [-0.39, 0.29) is 18.4 Å². The molecule has 5 nitrogen and oxygen atoms in total. The lowest BCUT2D eigenvalue weighted by atomic mass is 10.2. The Kier molecular flexibility index (Phi) is 5.05. The smallest absolute Gasteiger partial charge is 0.407 e. The summed E-state index contributed by atoms with van der Waals surface area (Å²) in [5.74, 6) is 0.0571. The van der Waals surface area contributed by atoms with Gasteiger partial charge in [0.1, 0.15) is 12.1 Å². The van der Waals surface area contributed by atoms with Gasteiger partial charge in [-0.1, -0.05) is 15.9 Å². The molecule has 0 radical (unpaired) electrons. The third kappa shape index (κ3) is 3.85. The molecular weight excluding hydrogens is 404 g/mol. The Morgan fingerprint density at radius 2 is 2.10 bits per heavy atom. The van der Waals surface area contributed by atoms with Crippen LogP contribution in [0, 0.1) is 0 Å². The van der Waals surface area contributed by atoms with Gasteiger partial charge in [0.05, 0.1) is 10.2 Å². The molecule has 21 heavy (non-hydrogen) atoms. The number of aromatic hydroxyl groups is 1. The number of pyridine rings is 1. The standard InChI is InChI=1S/C14H14Br2N2O3/c1-7(2)17-14(20)21-6-8-3-4-9-10(15)5-11(16)13(19)12(9)18-8/h3-5,7,19H,6H2,1-2H3,(H,17,20). The van der Waals surface area contributed by atoms with Gasteiger partial charge in [-0.3, -0.25) is 0 Å². The third-order valence-electron chi connectivity index (χ3n) is 2.67. The van der Waals surface area contributed by atoms with Gasteiger partial charge in [0.2, 0.25) is 0 Å². The zero-order valence-corrected chi connectivity index (χ0v) is 14.7. The highest BCUT2D eigenvalue weighted by Crippen LogP contribution is 2.36. The molecule has 1 aromatic carbocycles. The van der Waals surface area contributed by atoms with Crippen molar-refractivity contribution in [2.75, 3.05) is 0 Å². The number of ether oxygens (including phenoxy) is 1. The molecule has 0 atom stereocenters. The number of hydrogen-bond acceptors (Lipinski definition) is 4. The molecule has 0 fully saturated rings. The fraction of sp³-hybridized carbons (Fsp3) is 0.286. The molecule has 0 bridgehead atoms. The van der Waals surface area contributed by atoms with E-state index in [9.17, 15) is 9.90 Å². The fourth-order valence-corrected chi connectivity index (χ4v) is 3.01. The molecule has 0 aliphatic heterocycles. The summed E-state index contributed by atoms with van der Waals surface area (Å²) in [5.41, 5.74) is 1.00.